The molecule has 4 rings (SSSR count). The average molecular weight is 391 g/mol. The van der Waals surface area contributed by atoms with Gasteiger partial charge in [-0.2, -0.15) is 4.39 Å². The van der Waals surface area contributed by atoms with Gasteiger partial charge in [0.25, 0.3) is 0 Å². The van der Waals surface area contributed by atoms with Crippen LogP contribution in [0.15, 0.2) is 59.9 Å². The summed E-state index contributed by atoms with van der Waals surface area (Å²) in [5.41, 5.74) is 3.14. The van der Waals surface area contributed by atoms with E-state index in [4.69, 9.17) is 0 Å². The maximum absolute atomic E-state index is 15.0. The summed E-state index contributed by atoms with van der Waals surface area (Å²) in [7, 11) is 0. The van der Waals surface area contributed by atoms with E-state index in [1.807, 2.05) is 37.3 Å². The number of halogens is 2. The maximum Gasteiger partial charge on any atom is 0.213 e. The Morgan fingerprint density at radius 1 is 1.14 bits per heavy atom. The molecule has 146 valence electrons. The number of hydrogen-bond donors (Lipinski definition) is 0. The number of hydrogen-bond acceptors (Lipinski definition) is 4. The van der Waals surface area contributed by atoms with Crippen molar-refractivity contribution in [3.63, 3.8) is 0 Å². The first-order chi connectivity index (χ1) is 14.0. The third kappa shape index (κ3) is 3.97. The minimum absolute atomic E-state index is 0.0534. The van der Waals surface area contributed by atoms with Crippen molar-refractivity contribution in [2.75, 3.05) is 0 Å². The number of benzene rings is 1. The monoisotopic (exact) mass is 391 g/mol. The summed E-state index contributed by atoms with van der Waals surface area (Å²) < 4.78 is 28.4. The number of ketones is 1. The van der Waals surface area contributed by atoms with Gasteiger partial charge in [-0.15, -0.1) is 0 Å². The number of carbonyl (C=O) groups is 1. The molecule has 0 unspecified atom stereocenters. The van der Waals surface area contributed by atoms with Crippen molar-refractivity contribution < 1.29 is 13.6 Å². The van der Waals surface area contributed by atoms with Crippen molar-refractivity contribution >= 4 is 11.5 Å². The average Bonchev–Trinajstić information content (AvgIpc) is 3.15. The Bertz CT molecular complexity index is 1100. The molecule has 0 amide bonds. The highest BCUT2D eigenvalue weighted by Gasteiger charge is 2.25. The highest BCUT2D eigenvalue weighted by atomic mass is 19.1. The fraction of sp³-hybridized carbons (Fsp3) is 0.217. The minimum Gasteiger partial charge on any atom is -0.299 e. The molecule has 0 saturated heterocycles. The quantitative estimate of drug-likeness (QED) is 0.585. The van der Waals surface area contributed by atoms with Gasteiger partial charge in [0.1, 0.15) is 5.78 Å². The van der Waals surface area contributed by atoms with Gasteiger partial charge >= 0.3 is 0 Å². The second kappa shape index (κ2) is 7.99. The molecule has 1 aromatic carbocycles. The fourth-order valence-electron chi connectivity index (χ4n) is 3.59. The third-order valence-electron chi connectivity index (χ3n) is 5.11. The van der Waals surface area contributed by atoms with Crippen LogP contribution in [0, 0.1) is 11.8 Å². The zero-order chi connectivity index (χ0) is 20.4. The van der Waals surface area contributed by atoms with E-state index in [9.17, 15) is 13.6 Å². The second-order valence-electron chi connectivity index (χ2n) is 7.17. The van der Waals surface area contributed by atoms with Crippen LogP contribution in [-0.2, 0) is 17.8 Å². The van der Waals surface area contributed by atoms with Gasteiger partial charge in [0.2, 0.25) is 5.95 Å². The molecule has 0 saturated carbocycles. The number of Topliss-reactive ketones (excluding diaryl/α,β-unsaturated/α-hetero) is 1. The molecule has 1 aliphatic rings. The van der Waals surface area contributed by atoms with E-state index in [0.717, 1.165) is 5.56 Å². The zero-order valence-electron chi connectivity index (χ0n) is 15.9. The first-order valence-corrected chi connectivity index (χ1v) is 9.42. The molecule has 2 aromatic heterocycles. The molecule has 3 aromatic rings. The molecular weight excluding hydrogens is 372 g/mol. The van der Waals surface area contributed by atoms with Crippen LogP contribution in [0.25, 0.3) is 0 Å². The standard InChI is InChI=1S/C23H19F2N3O/c1-14(15-5-3-2-4-6-15)9-17(29)11-20-22(25)18-12-28-23(19(18)13-27-20)16-7-8-26-21(24)10-16/h2-8,10,13-14H,9,11-12H2,1H3/t14-/m0/s1. The van der Waals surface area contributed by atoms with E-state index in [2.05, 4.69) is 15.0 Å². The summed E-state index contributed by atoms with van der Waals surface area (Å²) in [6.45, 7) is 2.12. The third-order valence-corrected chi connectivity index (χ3v) is 5.11. The van der Waals surface area contributed by atoms with E-state index in [0.29, 0.717) is 28.8 Å². The van der Waals surface area contributed by atoms with E-state index in [1.165, 1.54) is 18.5 Å². The van der Waals surface area contributed by atoms with Crippen molar-refractivity contribution in [1.82, 2.24) is 9.97 Å². The Hall–Kier alpha value is -3.28. The van der Waals surface area contributed by atoms with Crippen molar-refractivity contribution in [3.05, 3.63) is 94.6 Å². The molecule has 0 bridgehead atoms. The smallest absolute Gasteiger partial charge is 0.213 e. The van der Waals surface area contributed by atoms with Gasteiger partial charge in [-0.25, -0.2) is 9.37 Å². The first kappa shape index (κ1) is 19.1. The summed E-state index contributed by atoms with van der Waals surface area (Å²) in [6, 6.07) is 12.6. The van der Waals surface area contributed by atoms with Gasteiger partial charge in [-0.1, -0.05) is 37.3 Å². The molecule has 29 heavy (non-hydrogen) atoms. The molecular formula is C23H19F2N3O. The van der Waals surface area contributed by atoms with Crippen LogP contribution in [0.3, 0.4) is 0 Å². The van der Waals surface area contributed by atoms with Crippen molar-refractivity contribution in [2.24, 2.45) is 4.99 Å². The van der Waals surface area contributed by atoms with Gasteiger partial charge in [0.15, 0.2) is 5.82 Å². The number of carbonyl (C=O) groups excluding carboxylic acids is 1. The van der Waals surface area contributed by atoms with Crippen LogP contribution in [0.5, 0.6) is 0 Å². The minimum atomic E-state index is -0.623. The van der Waals surface area contributed by atoms with Crippen LogP contribution in [0.4, 0.5) is 8.78 Å². The van der Waals surface area contributed by atoms with E-state index in [-0.39, 0.29) is 30.4 Å². The van der Waals surface area contributed by atoms with Crippen molar-refractivity contribution in [3.8, 4) is 0 Å². The van der Waals surface area contributed by atoms with Crippen LogP contribution in [0.1, 0.15) is 47.2 Å². The van der Waals surface area contributed by atoms with E-state index >= 15 is 0 Å². The topological polar surface area (TPSA) is 55.2 Å². The summed E-state index contributed by atoms with van der Waals surface area (Å²) in [5.74, 6) is -1.14. The number of pyridine rings is 2. The number of aliphatic imine (C=N–C) groups is 1. The van der Waals surface area contributed by atoms with Gasteiger partial charge in [0, 0.05) is 41.6 Å². The molecule has 4 nitrogen and oxygen atoms in total. The maximum atomic E-state index is 15.0. The lowest BCUT2D eigenvalue weighted by molar-refractivity contribution is -0.118. The number of rotatable bonds is 6. The lowest BCUT2D eigenvalue weighted by Gasteiger charge is -2.12. The van der Waals surface area contributed by atoms with E-state index in [1.54, 1.807) is 6.07 Å². The Kier molecular flexibility index (Phi) is 5.25. The number of fused-ring (bicyclic) bond motifs is 1. The number of aromatic nitrogens is 2. The van der Waals surface area contributed by atoms with Crippen LogP contribution < -0.4 is 0 Å². The van der Waals surface area contributed by atoms with Gasteiger partial charge in [-0.3, -0.25) is 14.8 Å². The van der Waals surface area contributed by atoms with Crippen molar-refractivity contribution in [1.29, 1.82) is 0 Å². The Morgan fingerprint density at radius 3 is 2.69 bits per heavy atom. The lowest BCUT2D eigenvalue weighted by atomic mass is 9.94. The molecule has 3 heterocycles. The highest BCUT2D eigenvalue weighted by Crippen LogP contribution is 2.27. The van der Waals surface area contributed by atoms with Crippen molar-refractivity contribution in [2.45, 2.75) is 32.2 Å². The summed E-state index contributed by atoms with van der Waals surface area (Å²) >= 11 is 0. The second-order valence-corrected chi connectivity index (χ2v) is 7.17. The summed E-state index contributed by atoms with van der Waals surface area (Å²) in [4.78, 5) is 24.5. The summed E-state index contributed by atoms with van der Waals surface area (Å²) in [5, 5.41) is 0. The zero-order valence-corrected chi connectivity index (χ0v) is 15.9. The van der Waals surface area contributed by atoms with Gasteiger partial charge < -0.3 is 0 Å². The molecule has 0 spiro atoms. The SMILES string of the molecule is C[C@@H](CC(=O)Cc1ncc2c(c1F)CN=C2c1ccnc(F)c1)c1ccccc1. The van der Waals surface area contributed by atoms with E-state index < -0.39 is 11.8 Å². The van der Waals surface area contributed by atoms with Crippen LogP contribution in [0.2, 0.25) is 0 Å². The Morgan fingerprint density at radius 2 is 1.93 bits per heavy atom. The normalized spacial score (nSPS) is 13.7. The first-order valence-electron chi connectivity index (χ1n) is 9.42. The van der Waals surface area contributed by atoms with Crippen LogP contribution in [-0.4, -0.2) is 21.5 Å². The van der Waals surface area contributed by atoms with Gasteiger partial charge in [-0.05, 0) is 17.5 Å². The predicted molar refractivity (Wildman–Crippen MR) is 106 cm³/mol. The summed E-state index contributed by atoms with van der Waals surface area (Å²) in [6.07, 6.45) is 3.12. The fourth-order valence-corrected chi connectivity index (χ4v) is 3.59. The lowest BCUT2D eigenvalue weighted by Crippen LogP contribution is -2.12. The Labute approximate surface area is 167 Å². The molecule has 1 atom stereocenters. The Balaban J connectivity index is 1.50. The van der Waals surface area contributed by atoms with Gasteiger partial charge in [0.05, 0.1) is 24.4 Å². The molecule has 0 aliphatic carbocycles. The molecule has 0 radical (unpaired) electrons. The molecule has 6 heteroatoms. The predicted octanol–water partition coefficient (Wildman–Crippen LogP) is 4.41. The molecule has 1 aliphatic heterocycles. The largest absolute Gasteiger partial charge is 0.299 e. The highest BCUT2D eigenvalue weighted by molar-refractivity contribution is 6.15. The molecule has 0 N–H and O–H groups in total. The molecule has 0 fully saturated rings. The number of nitrogens with zero attached hydrogens (tertiary/aromatic N) is 3. The van der Waals surface area contributed by atoms with Crippen LogP contribution >= 0.6 is 0 Å².